The predicted molar refractivity (Wildman–Crippen MR) is 76.8 cm³/mol. The number of hydrogen-bond donors (Lipinski definition) is 5. The van der Waals surface area contributed by atoms with Crippen LogP contribution in [0.4, 0.5) is 17.8 Å². The number of carbonyl (C=O) groups excluding carboxylic acids is 1. The minimum absolute atomic E-state index is 0.0417. The average molecular weight is 310 g/mol. The van der Waals surface area contributed by atoms with E-state index in [1.165, 1.54) is 0 Å². The van der Waals surface area contributed by atoms with E-state index in [-0.39, 0.29) is 24.5 Å². The smallest absolute Gasteiger partial charge is 0.226 e. The summed E-state index contributed by atoms with van der Waals surface area (Å²) < 4.78 is 4.73. The summed E-state index contributed by atoms with van der Waals surface area (Å²) in [5.41, 5.74) is 20.2. The Kier molecular flexibility index (Phi) is 14.1. The van der Waals surface area contributed by atoms with E-state index in [4.69, 9.17) is 49.2 Å². The molecule has 1 unspecified atom stereocenters. The molecule has 116 valence electrons. The summed E-state index contributed by atoms with van der Waals surface area (Å²) in [5.74, 6) is 0.792. The first-order valence-electron chi connectivity index (χ1n) is 5.33. The Hall–Kier alpha value is -1.75. The van der Waals surface area contributed by atoms with Crippen LogP contribution in [-0.2, 0) is 9.53 Å². The number of aliphatic hydroxyl groups is 1. The Morgan fingerprint density at radius 1 is 1.20 bits per heavy atom. The molecule has 1 aromatic heterocycles. The van der Waals surface area contributed by atoms with E-state index in [9.17, 15) is 0 Å². The number of hydrogen-bond acceptors (Lipinski definition) is 10. The lowest BCUT2D eigenvalue weighted by molar-refractivity contribution is -0.0979. The number of nitrogens with zero attached hydrogens (tertiary/aromatic N) is 3. The number of nitrogen functional groups attached to an aromatic ring is 3. The third kappa shape index (κ3) is 14.3. The topological polar surface area (TPSA) is 193 Å². The third-order valence-electron chi connectivity index (χ3n) is 1.39. The first-order chi connectivity index (χ1) is 9.53. The lowest BCUT2D eigenvalue weighted by Crippen LogP contribution is -2.05. The number of rotatable bonds is 2. The number of nitrogens with two attached hydrogens (primary N) is 4. The van der Waals surface area contributed by atoms with E-state index in [0.717, 1.165) is 6.61 Å². The molecule has 20 heavy (non-hydrogen) atoms. The lowest BCUT2D eigenvalue weighted by atomic mass is 10.6. The van der Waals surface area contributed by atoms with E-state index in [0.29, 0.717) is 18.5 Å². The van der Waals surface area contributed by atoms with Gasteiger partial charge in [-0.1, -0.05) is 0 Å². The molecule has 2 heterocycles. The number of ether oxygens (including phenoxy) is 1. The quantitative estimate of drug-likeness (QED) is 0.301. The van der Waals surface area contributed by atoms with Crippen LogP contribution in [0.1, 0.15) is 0 Å². The van der Waals surface area contributed by atoms with Gasteiger partial charge in [0.05, 0.1) is 25.2 Å². The largest absolute Gasteiger partial charge is 0.395 e. The van der Waals surface area contributed by atoms with Gasteiger partial charge in [0.15, 0.2) is 0 Å². The van der Waals surface area contributed by atoms with Crippen LogP contribution in [0.25, 0.3) is 0 Å². The van der Waals surface area contributed by atoms with Crippen molar-refractivity contribution in [2.24, 2.45) is 5.73 Å². The second kappa shape index (κ2) is 13.7. The molecule has 0 bridgehead atoms. The van der Waals surface area contributed by atoms with E-state index in [1.54, 1.807) is 0 Å². The molecule has 0 aliphatic carbocycles. The van der Waals surface area contributed by atoms with Gasteiger partial charge in [-0.05, 0) is 0 Å². The standard InChI is InChI=1S/C3H5ClO.C3H6N6.C2H7NO.CH2O/c4-1-3-2-5-3;4-1-7-2(5)9-3(6)8-1;3-1-2-4;1-2/h3H,1-2H2;(H6,4,5,6,7,8,9);4H,1-3H2;1H2. The molecule has 0 aromatic carbocycles. The highest BCUT2D eigenvalue weighted by Crippen LogP contribution is 2.08. The molecule has 0 amide bonds. The van der Waals surface area contributed by atoms with Crippen LogP contribution in [0.5, 0.6) is 0 Å². The van der Waals surface area contributed by atoms with E-state index in [2.05, 4.69) is 15.0 Å². The van der Waals surface area contributed by atoms with Crippen LogP contribution in [0.3, 0.4) is 0 Å². The zero-order chi connectivity index (χ0) is 16.0. The fraction of sp³-hybridized carbons (Fsp3) is 0.556. The number of epoxide rings is 1. The van der Waals surface area contributed by atoms with Gasteiger partial charge < -0.3 is 37.6 Å². The van der Waals surface area contributed by atoms with Crippen molar-refractivity contribution < 1.29 is 14.6 Å². The summed E-state index contributed by atoms with van der Waals surface area (Å²) in [6.07, 6.45) is 0.400. The van der Waals surface area contributed by atoms with Gasteiger partial charge in [-0.3, -0.25) is 0 Å². The summed E-state index contributed by atoms with van der Waals surface area (Å²) >= 11 is 5.27. The van der Waals surface area contributed by atoms with Crippen molar-refractivity contribution in [3.05, 3.63) is 0 Å². The third-order valence-corrected chi connectivity index (χ3v) is 1.74. The van der Waals surface area contributed by atoms with Crippen LogP contribution < -0.4 is 22.9 Å². The maximum atomic E-state index is 8.00. The summed E-state index contributed by atoms with van der Waals surface area (Å²) in [5, 5.41) is 7.75. The number of carbonyl (C=O) groups is 1. The van der Waals surface area contributed by atoms with Gasteiger partial charge in [-0.25, -0.2) is 0 Å². The molecule has 0 spiro atoms. The maximum absolute atomic E-state index is 8.00. The molecule has 1 aliphatic rings. The minimum Gasteiger partial charge on any atom is -0.395 e. The molecule has 10 nitrogen and oxygen atoms in total. The Balaban J connectivity index is 0. The van der Waals surface area contributed by atoms with Crippen molar-refractivity contribution in [3.63, 3.8) is 0 Å². The molecule has 11 heteroatoms. The van der Waals surface area contributed by atoms with E-state index < -0.39 is 0 Å². The molecule has 1 aromatic rings. The Morgan fingerprint density at radius 3 is 1.60 bits per heavy atom. The van der Waals surface area contributed by atoms with Crippen molar-refractivity contribution in [2.45, 2.75) is 6.10 Å². The number of aliphatic hydroxyl groups excluding tert-OH is 1. The van der Waals surface area contributed by atoms with Crippen LogP contribution >= 0.6 is 11.6 Å². The number of anilines is 3. The van der Waals surface area contributed by atoms with Gasteiger partial charge in [0.1, 0.15) is 6.79 Å². The normalized spacial score (nSPS) is 14.4. The first kappa shape index (κ1) is 20.6. The lowest BCUT2D eigenvalue weighted by Gasteiger charge is -1.93. The predicted octanol–water partition coefficient (Wildman–Crippen LogP) is -2.01. The molecule has 0 radical (unpaired) electrons. The van der Waals surface area contributed by atoms with Crippen LogP contribution in [0, 0.1) is 0 Å². The van der Waals surface area contributed by atoms with Crippen LogP contribution in [0.15, 0.2) is 0 Å². The monoisotopic (exact) mass is 309 g/mol. The highest BCUT2D eigenvalue weighted by Gasteiger charge is 2.19. The van der Waals surface area contributed by atoms with Gasteiger partial charge in [0.25, 0.3) is 0 Å². The minimum atomic E-state index is 0.0417. The number of alkyl halides is 1. The SMILES string of the molecule is C=O.ClCC1CO1.NCCO.Nc1nc(N)nc(N)n1. The van der Waals surface area contributed by atoms with Gasteiger partial charge in [0, 0.05) is 6.54 Å². The highest BCUT2D eigenvalue weighted by molar-refractivity contribution is 6.18. The average Bonchev–Trinajstić information content (AvgIpc) is 3.24. The zero-order valence-electron chi connectivity index (χ0n) is 10.9. The summed E-state index contributed by atoms with van der Waals surface area (Å²) in [6, 6.07) is 0. The number of halogens is 1. The molecular weight excluding hydrogens is 290 g/mol. The Labute approximate surface area is 121 Å². The molecule has 1 fully saturated rings. The van der Waals surface area contributed by atoms with E-state index in [1.807, 2.05) is 6.79 Å². The second-order valence-electron chi connectivity index (χ2n) is 3.03. The molecule has 9 N–H and O–H groups in total. The molecule has 0 saturated carbocycles. The fourth-order valence-electron chi connectivity index (χ4n) is 0.584. The fourth-order valence-corrected chi connectivity index (χ4v) is 0.762. The van der Waals surface area contributed by atoms with Crippen molar-refractivity contribution >= 4 is 36.2 Å². The van der Waals surface area contributed by atoms with Crippen LogP contribution in [0.2, 0.25) is 0 Å². The maximum Gasteiger partial charge on any atom is 0.226 e. The Morgan fingerprint density at radius 2 is 1.50 bits per heavy atom. The van der Waals surface area contributed by atoms with Crippen molar-refractivity contribution in [3.8, 4) is 0 Å². The second-order valence-corrected chi connectivity index (χ2v) is 3.34. The summed E-state index contributed by atoms with van der Waals surface area (Å²) in [6.45, 7) is 3.35. The van der Waals surface area contributed by atoms with Crippen molar-refractivity contribution in [1.29, 1.82) is 0 Å². The molecule has 1 saturated heterocycles. The first-order valence-corrected chi connectivity index (χ1v) is 5.86. The zero-order valence-corrected chi connectivity index (χ0v) is 11.7. The molecule has 1 atom stereocenters. The molecule has 2 rings (SSSR count). The van der Waals surface area contributed by atoms with Crippen LogP contribution in [-0.4, -0.2) is 58.6 Å². The van der Waals surface area contributed by atoms with Gasteiger partial charge in [-0.15, -0.1) is 11.6 Å². The van der Waals surface area contributed by atoms with Crippen molar-refractivity contribution in [1.82, 2.24) is 15.0 Å². The van der Waals surface area contributed by atoms with Gasteiger partial charge in [0.2, 0.25) is 17.8 Å². The Bertz CT molecular complexity index is 302. The highest BCUT2D eigenvalue weighted by atomic mass is 35.5. The van der Waals surface area contributed by atoms with E-state index >= 15 is 0 Å². The van der Waals surface area contributed by atoms with Gasteiger partial charge >= 0.3 is 0 Å². The summed E-state index contributed by atoms with van der Waals surface area (Å²) in [7, 11) is 0. The van der Waals surface area contributed by atoms with Crippen molar-refractivity contribution in [2.75, 3.05) is 42.8 Å². The van der Waals surface area contributed by atoms with Gasteiger partial charge in [-0.2, -0.15) is 15.0 Å². The summed E-state index contributed by atoms with van der Waals surface area (Å²) in [4.78, 5) is 18.5. The molecule has 1 aliphatic heterocycles. The molecular formula is C9H20ClN7O3. The number of aromatic nitrogens is 3.